The van der Waals surface area contributed by atoms with Gasteiger partial charge in [0, 0.05) is 19.3 Å². The molecule has 1 aliphatic carbocycles. The van der Waals surface area contributed by atoms with Gasteiger partial charge in [0.05, 0.1) is 0 Å². The predicted octanol–water partition coefficient (Wildman–Crippen LogP) is 2.97. The summed E-state index contributed by atoms with van der Waals surface area (Å²) in [5.41, 5.74) is 0. The van der Waals surface area contributed by atoms with Crippen LogP contribution in [0.2, 0.25) is 0 Å². The highest BCUT2D eigenvalue weighted by Crippen LogP contribution is 2.26. The van der Waals surface area contributed by atoms with Gasteiger partial charge >= 0.3 is 0 Å². The molecule has 2 atom stereocenters. The maximum absolute atomic E-state index is 5.34. The van der Waals surface area contributed by atoms with Gasteiger partial charge in [0.25, 0.3) is 0 Å². The van der Waals surface area contributed by atoms with E-state index >= 15 is 0 Å². The zero-order valence-electron chi connectivity index (χ0n) is 10.4. The van der Waals surface area contributed by atoms with E-state index in [1.54, 1.807) is 0 Å². The van der Waals surface area contributed by atoms with E-state index in [1.807, 2.05) is 0 Å². The molecule has 0 aromatic rings. The summed E-state index contributed by atoms with van der Waals surface area (Å²) < 4.78 is 5.34. The highest BCUT2D eigenvalue weighted by molar-refractivity contribution is 4.79. The summed E-state index contributed by atoms with van der Waals surface area (Å²) in [4.78, 5) is 0. The first-order valence-electron chi connectivity index (χ1n) is 6.69. The first-order chi connectivity index (χ1) is 7.38. The van der Waals surface area contributed by atoms with Crippen LogP contribution in [0.15, 0.2) is 0 Å². The number of hydrogen-bond acceptors (Lipinski definition) is 2. The lowest BCUT2D eigenvalue weighted by molar-refractivity contribution is 0.142. The van der Waals surface area contributed by atoms with Gasteiger partial charge in [-0.15, -0.1) is 0 Å². The Morgan fingerprint density at radius 1 is 1.20 bits per heavy atom. The summed E-state index contributed by atoms with van der Waals surface area (Å²) in [5, 5.41) is 3.70. The van der Waals surface area contributed by atoms with E-state index in [2.05, 4.69) is 19.2 Å². The minimum Gasteiger partial charge on any atom is -0.382 e. The average Bonchev–Trinajstić information content (AvgIpc) is 2.29. The van der Waals surface area contributed by atoms with Gasteiger partial charge in [-0.05, 0) is 38.6 Å². The molecule has 0 aromatic heterocycles. The fourth-order valence-corrected chi connectivity index (χ4v) is 2.57. The molecule has 0 spiro atoms. The van der Waals surface area contributed by atoms with Crippen LogP contribution in [0.1, 0.15) is 52.4 Å². The zero-order valence-corrected chi connectivity index (χ0v) is 10.4. The molecule has 0 aliphatic heterocycles. The molecule has 2 heteroatoms. The second-order valence-corrected chi connectivity index (χ2v) is 4.56. The summed E-state index contributed by atoms with van der Waals surface area (Å²) >= 11 is 0. The molecule has 0 heterocycles. The van der Waals surface area contributed by atoms with Gasteiger partial charge in [-0.25, -0.2) is 0 Å². The smallest absolute Gasteiger partial charge is 0.0477 e. The van der Waals surface area contributed by atoms with E-state index in [0.29, 0.717) is 0 Å². The predicted molar refractivity (Wildman–Crippen MR) is 65.1 cm³/mol. The topological polar surface area (TPSA) is 21.3 Å². The molecule has 90 valence electrons. The van der Waals surface area contributed by atoms with E-state index in [4.69, 9.17) is 4.74 Å². The Hall–Kier alpha value is -0.0800. The van der Waals surface area contributed by atoms with E-state index < -0.39 is 0 Å². The highest BCUT2D eigenvalue weighted by atomic mass is 16.5. The molecule has 1 saturated carbocycles. The fraction of sp³-hybridized carbons (Fsp3) is 1.00. The van der Waals surface area contributed by atoms with Crippen LogP contribution in [0.25, 0.3) is 0 Å². The standard InChI is InChI=1S/C13H27NO/c1-3-12-8-5-6-9-13(12)14-10-7-11-15-4-2/h12-14H,3-11H2,1-2H3. The molecule has 2 nitrogen and oxygen atoms in total. The van der Waals surface area contributed by atoms with Gasteiger partial charge in [-0.1, -0.05) is 26.2 Å². The molecular formula is C13H27NO. The number of nitrogens with one attached hydrogen (secondary N) is 1. The van der Waals surface area contributed by atoms with Gasteiger partial charge in [0.1, 0.15) is 0 Å². The van der Waals surface area contributed by atoms with Crippen LogP contribution in [0.4, 0.5) is 0 Å². The largest absolute Gasteiger partial charge is 0.382 e. The summed E-state index contributed by atoms with van der Waals surface area (Å²) in [7, 11) is 0. The van der Waals surface area contributed by atoms with Crippen molar-refractivity contribution in [3.63, 3.8) is 0 Å². The van der Waals surface area contributed by atoms with Crippen LogP contribution in [-0.4, -0.2) is 25.8 Å². The summed E-state index contributed by atoms with van der Waals surface area (Å²) in [6.07, 6.45) is 8.16. The van der Waals surface area contributed by atoms with Gasteiger partial charge in [-0.3, -0.25) is 0 Å². The molecule has 1 fully saturated rings. The highest BCUT2D eigenvalue weighted by Gasteiger charge is 2.22. The normalized spacial score (nSPS) is 26.8. The second-order valence-electron chi connectivity index (χ2n) is 4.56. The zero-order chi connectivity index (χ0) is 10.9. The van der Waals surface area contributed by atoms with Crippen molar-refractivity contribution in [2.75, 3.05) is 19.8 Å². The third-order valence-electron chi connectivity index (χ3n) is 3.51. The SMILES string of the molecule is CCOCCCNC1CCCCC1CC. The molecule has 2 unspecified atom stereocenters. The van der Waals surface area contributed by atoms with E-state index in [9.17, 15) is 0 Å². The number of hydrogen-bond donors (Lipinski definition) is 1. The Balaban J connectivity index is 2.07. The molecule has 0 aromatic carbocycles. The molecule has 0 bridgehead atoms. The van der Waals surface area contributed by atoms with Crippen molar-refractivity contribution in [3.8, 4) is 0 Å². The fourth-order valence-electron chi connectivity index (χ4n) is 2.57. The first kappa shape index (κ1) is 13.0. The molecular weight excluding hydrogens is 186 g/mol. The summed E-state index contributed by atoms with van der Waals surface area (Å²) in [5.74, 6) is 0.922. The van der Waals surface area contributed by atoms with Crippen molar-refractivity contribution < 1.29 is 4.74 Å². The van der Waals surface area contributed by atoms with E-state index in [0.717, 1.165) is 38.1 Å². The van der Waals surface area contributed by atoms with Crippen LogP contribution in [0, 0.1) is 5.92 Å². The van der Waals surface area contributed by atoms with Crippen LogP contribution in [0.3, 0.4) is 0 Å². The van der Waals surface area contributed by atoms with Gasteiger partial charge in [-0.2, -0.15) is 0 Å². The maximum atomic E-state index is 5.34. The van der Waals surface area contributed by atoms with Gasteiger partial charge < -0.3 is 10.1 Å². The van der Waals surface area contributed by atoms with Crippen molar-refractivity contribution in [3.05, 3.63) is 0 Å². The van der Waals surface area contributed by atoms with Crippen LogP contribution < -0.4 is 5.32 Å². The van der Waals surface area contributed by atoms with Crippen molar-refractivity contribution in [1.82, 2.24) is 5.32 Å². The van der Waals surface area contributed by atoms with E-state index in [1.165, 1.54) is 32.1 Å². The molecule has 1 aliphatic rings. The molecule has 15 heavy (non-hydrogen) atoms. The lowest BCUT2D eigenvalue weighted by Gasteiger charge is -2.31. The first-order valence-corrected chi connectivity index (χ1v) is 6.69. The molecule has 0 radical (unpaired) electrons. The Kier molecular flexibility index (Phi) is 7.03. The van der Waals surface area contributed by atoms with Crippen molar-refractivity contribution >= 4 is 0 Å². The van der Waals surface area contributed by atoms with Crippen molar-refractivity contribution in [1.29, 1.82) is 0 Å². The lowest BCUT2D eigenvalue weighted by Crippen LogP contribution is -2.39. The molecule has 1 rings (SSSR count). The Labute approximate surface area is 94.8 Å². The Bertz CT molecular complexity index is 149. The third kappa shape index (κ3) is 4.98. The molecule has 0 saturated heterocycles. The Morgan fingerprint density at radius 3 is 2.73 bits per heavy atom. The lowest BCUT2D eigenvalue weighted by atomic mass is 9.83. The minimum absolute atomic E-state index is 0.783. The van der Waals surface area contributed by atoms with Crippen molar-refractivity contribution in [2.45, 2.75) is 58.4 Å². The monoisotopic (exact) mass is 213 g/mol. The Morgan fingerprint density at radius 2 is 2.00 bits per heavy atom. The quantitative estimate of drug-likeness (QED) is 0.656. The van der Waals surface area contributed by atoms with Gasteiger partial charge in [0.2, 0.25) is 0 Å². The summed E-state index contributed by atoms with van der Waals surface area (Å²) in [6.45, 7) is 7.27. The summed E-state index contributed by atoms with van der Waals surface area (Å²) in [6, 6.07) is 0.783. The minimum atomic E-state index is 0.783. The number of rotatable bonds is 7. The average molecular weight is 213 g/mol. The molecule has 1 N–H and O–H groups in total. The maximum Gasteiger partial charge on any atom is 0.0477 e. The van der Waals surface area contributed by atoms with Gasteiger partial charge in [0.15, 0.2) is 0 Å². The van der Waals surface area contributed by atoms with Crippen LogP contribution in [-0.2, 0) is 4.74 Å². The third-order valence-corrected chi connectivity index (χ3v) is 3.51. The van der Waals surface area contributed by atoms with E-state index in [-0.39, 0.29) is 0 Å². The van der Waals surface area contributed by atoms with Crippen molar-refractivity contribution in [2.24, 2.45) is 5.92 Å². The molecule has 0 amide bonds. The van der Waals surface area contributed by atoms with Crippen LogP contribution >= 0.6 is 0 Å². The number of ether oxygens (including phenoxy) is 1. The van der Waals surface area contributed by atoms with Crippen LogP contribution in [0.5, 0.6) is 0 Å². The second kappa shape index (κ2) is 8.12.